The molecule has 0 bridgehead atoms. The van der Waals surface area contributed by atoms with Crippen molar-refractivity contribution >= 4 is 5.91 Å². The van der Waals surface area contributed by atoms with Gasteiger partial charge in [0.2, 0.25) is 5.91 Å². The van der Waals surface area contributed by atoms with Gasteiger partial charge in [0, 0.05) is 32.7 Å². The van der Waals surface area contributed by atoms with Crippen LogP contribution in [-0.2, 0) is 16.1 Å². The second-order valence-corrected chi connectivity index (χ2v) is 6.10. The summed E-state index contributed by atoms with van der Waals surface area (Å²) >= 11 is 0. The van der Waals surface area contributed by atoms with E-state index in [0.717, 1.165) is 26.1 Å². The molecular weight excluding hydrogens is 282 g/mol. The summed E-state index contributed by atoms with van der Waals surface area (Å²) in [6.45, 7) is 6.14. The minimum atomic E-state index is 0.149. The van der Waals surface area contributed by atoms with Crippen LogP contribution in [0.1, 0.15) is 25.7 Å². The van der Waals surface area contributed by atoms with Crippen molar-refractivity contribution in [1.29, 1.82) is 0 Å². The van der Waals surface area contributed by atoms with E-state index in [2.05, 4.69) is 15.0 Å². The maximum Gasteiger partial charge on any atom is 0.224 e. The number of amides is 1. The lowest BCUT2D eigenvalue weighted by Crippen LogP contribution is -2.42. The number of carbonyl (C=O) groups is 1. The van der Waals surface area contributed by atoms with Crippen molar-refractivity contribution in [2.24, 2.45) is 0 Å². The van der Waals surface area contributed by atoms with E-state index in [0.29, 0.717) is 19.5 Å². The Morgan fingerprint density at radius 2 is 2.09 bits per heavy atom. The zero-order valence-corrected chi connectivity index (χ0v) is 13.1. The lowest BCUT2D eigenvalue weighted by atomic mass is 10.2. The number of aryl methyl sites for hydroxylation is 1. The lowest BCUT2D eigenvalue weighted by Gasteiger charge is -2.27. The summed E-state index contributed by atoms with van der Waals surface area (Å²) < 4.78 is 7.63. The van der Waals surface area contributed by atoms with E-state index in [1.165, 1.54) is 32.3 Å². The van der Waals surface area contributed by atoms with Gasteiger partial charge < -0.3 is 14.5 Å². The molecular formula is C15H25N5O2. The third kappa shape index (κ3) is 4.27. The van der Waals surface area contributed by atoms with Crippen LogP contribution in [0.4, 0.5) is 0 Å². The van der Waals surface area contributed by atoms with Crippen LogP contribution >= 0.6 is 0 Å². The molecule has 0 aromatic carbocycles. The molecule has 0 aliphatic carbocycles. The van der Waals surface area contributed by atoms with Gasteiger partial charge in [-0.1, -0.05) is 0 Å². The molecule has 0 N–H and O–H groups in total. The molecule has 3 rings (SSSR count). The van der Waals surface area contributed by atoms with Crippen molar-refractivity contribution in [2.75, 3.05) is 39.3 Å². The Hall–Kier alpha value is -1.47. The predicted octanol–water partition coefficient (Wildman–Crippen LogP) is 0.382. The smallest absolute Gasteiger partial charge is 0.224 e. The third-order valence-corrected chi connectivity index (χ3v) is 4.38. The van der Waals surface area contributed by atoms with Crippen LogP contribution in [0.15, 0.2) is 12.7 Å². The van der Waals surface area contributed by atoms with Crippen LogP contribution in [0.25, 0.3) is 0 Å². The standard InChI is InChI=1S/C15H25N5O2/c21-15(4-8-20-13-16-12-17-20)19-7-3-9-22-14(11-19)10-18-5-1-2-6-18/h12-14H,1-11H2/t14-/m0/s1. The molecule has 1 aromatic heterocycles. The molecule has 0 unspecified atom stereocenters. The van der Waals surface area contributed by atoms with Crippen molar-refractivity contribution in [3.05, 3.63) is 12.7 Å². The number of hydrogen-bond acceptors (Lipinski definition) is 5. The van der Waals surface area contributed by atoms with E-state index >= 15 is 0 Å². The van der Waals surface area contributed by atoms with Gasteiger partial charge >= 0.3 is 0 Å². The number of rotatable bonds is 5. The van der Waals surface area contributed by atoms with Gasteiger partial charge in [0.1, 0.15) is 12.7 Å². The molecule has 1 aromatic rings. The van der Waals surface area contributed by atoms with Crippen molar-refractivity contribution in [1.82, 2.24) is 24.6 Å². The first kappa shape index (κ1) is 15.4. The average molecular weight is 307 g/mol. The van der Waals surface area contributed by atoms with Gasteiger partial charge in [0.05, 0.1) is 12.6 Å². The molecule has 1 atom stereocenters. The summed E-state index contributed by atoms with van der Waals surface area (Å²) in [6.07, 6.45) is 7.26. The molecule has 2 aliphatic rings. The van der Waals surface area contributed by atoms with Crippen LogP contribution in [0, 0.1) is 0 Å². The van der Waals surface area contributed by atoms with Crippen LogP contribution in [0.5, 0.6) is 0 Å². The summed E-state index contributed by atoms with van der Waals surface area (Å²) in [6, 6.07) is 0. The highest BCUT2D eigenvalue weighted by molar-refractivity contribution is 5.76. The Balaban J connectivity index is 1.49. The Kier molecular flexibility index (Phi) is 5.39. The van der Waals surface area contributed by atoms with E-state index in [1.54, 1.807) is 11.0 Å². The molecule has 2 fully saturated rings. The van der Waals surface area contributed by atoms with Crippen molar-refractivity contribution in [3.63, 3.8) is 0 Å². The first-order chi connectivity index (χ1) is 10.8. The number of ether oxygens (including phenoxy) is 1. The Morgan fingerprint density at radius 3 is 2.86 bits per heavy atom. The van der Waals surface area contributed by atoms with Gasteiger partial charge in [-0.05, 0) is 32.4 Å². The second kappa shape index (κ2) is 7.69. The molecule has 0 spiro atoms. The number of aromatic nitrogens is 3. The van der Waals surface area contributed by atoms with Gasteiger partial charge in [-0.15, -0.1) is 0 Å². The van der Waals surface area contributed by atoms with Gasteiger partial charge in [-0.2, -0.15) is 5.10 Å². The monoisotopic (exact) mass is 307 g/mol. The summed E-state index contributed by atoms with van der Waals surface area (Å²) in [5.74, 6) is 0.187. The summed E-state index contributed by atoms with van der Waals surface area (Å²) in [7, 11) is 0. The topological polar surface area (TPSA) is 63.5 Å². The molecule has 0 radical (unpaired) electrons. The molecule has 0 saturated carbocycles. The second-order valence-electron chi connectivity index (χ2n) is 6.10. The third-order valence-electron chi connectivity index (χ3n) is 4.38. The summed E-state index contributed by atoms with van der Waals surface area (Å²) in [5, 5.41) is 4.04. The van der Waals surface area contributed by atoms with Gasteiger partial charge in [-0.3, -0.25) is 9.48 Å². The molecule has 122 valence electrons. The first-order valence-electron chi connectivity index (χ1n) is 8.25. The highest BCUT2D eigenvalue weighted by atomic mass is 16.5. The highest BCUT2D eigenvalue weighted by Gasteiger charge is 2.25. The lowest BCUT2D eigenvalue weighted by molar-refractivity contribution is -0.132. The number of carbonyl (C=O) groups excluding carboxylic acids is 1. The Morgan fingerprint density at radius 1 is 1.23 bits per heavy atom. The fraction of sp³-hybridized carbons (Fsp3) is 0.800. The maximum absolute atomic E-state index is 12.4. The Labute approximate surface area is 131 Å². The molecule has 2 saturated heterocycles. The van der Waals surface area contributed by atoms with E-state index in [-0.39, 0.29) is 12.0 Å². The summed E-state index contributed by atoms with van der Waals surface area (Å²) in [4.78, 5) is 20.7. The quantitative estimate of drug-likeness (QED) is 0.787. The SMILES string of the molecule is O=C(CCn1cncn1)N1CCCO[C@@H](CN2CCCC2)C1. The fourth-order valence-electron chi connectivity index (χ4n) is 3.20. The number of likely N-dealkylation sites (tertiary alicyclic amines) is 1. The molecule has 7 heteroatoms. The van der Waals surface area contributed by atoms with Crippen LogP contribution in [0.2, 0.25) is 0 Å². The molecule has 2 aliphatic heterocycles. The fourth-order valence-corrected chi connectivity index (χ4v) is 3.20. The van der Waals surface area contributed by atoms with Crippen molar-refractivity contribution < 1.29 is 9.53 Å². The van der Waals surface area contributed by atoms with E-state index in [4.69, 9.17) is 4.74 Å². The average Bonchev–Trinajstić information content (AvgIpc) is 3.16. The van der Waals surface area contributed by atoms with Crippen LogP contribution in [0.3, 0.4) is 0 Å². The maximum atomic E-state index is 12.4. The number of hydrogen-bond donors (Lipinski definition) is 0. The Bertz CT molecular complexity index is 459. The first-order valence-corrected chi connectivity index (χ1v) is 8.25. The van der Waals surface area contributed by atoms with E-state index in [1.807, 2.05) is 4.90 Å². The van der Waals surface area contributed by atoms with Gasteiger partial charge in [0.15, 0.2) is 0 Å². The van der Waals surface area contributed by atoms with Crippen molar-refractivity contribution in [3.8, 4) is 0 Å². The predicted molar refractivity (Wildman–Crippen MR) is 81.3 cm³/mol. The van der Waals surface area contributed by atoms with Gasteiger partial charge in [-0.25, -0.2) is 4.98 Å². The number of nitrogens with zero attached hydrogens (tertiary/aromatic N) is 5. The minimum absolute atomic E-state index is 0.149. The van der Waals surface area contributed by atoms with Gasteiger partial charge in [0.25, 0.3) is 0 Å². The molecule has 1 amide bonds. The zero-order valence-electron chi connectivity index (χ0n) is 13.1. The van der Waals surface area contributed by atoms with Crippen LogP contribution < -0.4 is 0 Å². The largest absolute Gasteiger partial charge is 0.375 e. The van der Waals surface area contributed by atoms with E-state index < -0.39 is 0 Å². The normalized spacial score (nSPS) is 23.6. The molecule has 3 heterocycles. The van der Waals surface area contributed by atoms with Crippen molar-refractivity contribution in [2.45, 2.75) is 38.3 Å². The van der Waals surface area contributed by atoms with Crippen LogP contribution in [-0.4, -0.2) is 75.9 Å². The summed E-state index contributed by atoms with van der Waals surface area (Å²) in [5.41, 5.74) is 0. The molecule has 7 nitrogen and oxygen atoms in total. The van der Waals surface area contributed by atoms with E-state index in [9.17, 15) is 4.79 Å². The molecule has 22 heavy (non-hydrogen) atoms. The minimum Gasteiger partial charge on any atom is -0.375 e. The highest BCUT2D eigenvalue weighted by Crippen LogP contribution is 2.13. The zero-order chi connectivity index (χ0) is 15.2.